The van der Waals surface area contributed by atoms with E-state index in [0.29, 0.717) is 6.29 Å². The molecule has 0 heterocycles. The Morgan fingerprint density at radius 2 is 2.00 bits per heavy atom. The zero-order valence-electron chi connectivity index (χ0n) is 9.42. The van der Waals surface area contributed by atoms with Crippen LogP contribution in [0.1, 0.15) is 9.67 Å². The summed E-state index contributed by atoms with van der Waals surface area (Å²) in [5.74, 6) is 0. The third-order valence-electron chi connectivity index (χ3n) is 1.67. The van der Waals surface area contributed by atoms with E-state index < -0.39 is 38.6 Å². The lowest BCUT2D eigenvalue weighted by molar-refractivity contribution is -0.141. The maximum absolute atomic E-state index is 10.5. The number of hydrogen-bond acceptors (Lipinski definition) is 5. The van der Waals surface area contributed by atoms with E-state index in [1.807, 2.05) is 0 Å². The molecule has 0 aliphatic rings. The van der Waals surface area contributed by atoms with Crippen molar-refractivity contribution in [3.8, 4) is 0 Å². The van der Waals surface area contributed by atoms with Crippen molar-refractivity contribution in [3.63, 3.8) is 0 Å². The molecule has 5 heteroatoms. The fourth-order valence-electron chi connectivity index (χ4n) is 0.929. The predicted octanol–water partition coefficient (Wildman–Crippen LogP) is -1.04. The largest absolute Gasteiger partial charge is 0.391 e. The first-order valence-electron chi connectivity index (χ1n) is 5.13. The van der Waals surface area contributed by atoms with E-state index in [-0.39, 0.29) is 0 Å². The van der Waals surface area contributed by atoms with Gasteiger partial charge in [-0.15, -0.1) is 0 Å². The minimum absolute atomic E-state index is 0.335. The molecule has 13 heavy (non-hydrogen) atoms. The Kier molecular flexibility index (Phi) is 4.22. The first kappa shape index (κ1) is 9.08. The van der Waals surface area contributed by atoms with Gasteiger partial charge in [0.15, 0.2) is 6.29 Å². The molecule has 0 aliphatic carbocycles. The standard InChI is InChI=1S/C8H16O5/c1-5(10)8(13-3)7(11)6(4-9)12-2/h4-8,10-11H,1-3H3/t5-,6+,7-,8+/m0/s1/i2D,3D. The Morgan fingerprint density at radius 3 is 2.38 bits per heavy atom. The van der Waals surface area contributed by atoms with Crippen molar-refractivity contribution in [3.05, 3.63) is 0 Å². The molecule has 0 aromatic heterocycles. The fourth-order valence-corrected chi connectivity index (χ4v) is 0.929. The highest BCUT2D eigenvalue weighted by Crippen LogP contribution is 2.09. The molecule has 2 N–H and O–H groups in total. The molecule has 0 aromatic carbocycles. The summed E-state index contributed by atoms with van der Waals surface area (Å²) in [7, 11) is -0.924. The lowest BCUT2D eigenvalue weighted by Crippen LogP contribution is -2.46. The number of aldehydes is 1. The normalized spacial score (nSPS) is 22.4. The van der Waals surface area contributed by atoms with E-state index in [2.05, 4.69) is 4.74 Å². The van der Waals surface area contributed by atoms with E-state index in [9.17, 15) is 15.0 Å². The average molecular weight is 194 g/mol. The van der Waals surface area contributed by atoms with Crippen LogP contribution < -0.4 is 0 Å². The monoisotopic (exact) mass is 194 g/mol. The summed E-state index contributed by atoms with van der Waals surface area (Å²) in [5, 5.41) is 18.8. The van der Waals surface area contributed by atoms with Gasteiger partial charge in [0.25, 0.3) is 0 Å². The smallest absolute Gasteiger partial charge is 0.151 e. The summed E-state index contributed by atoms with van der Waals surface area (Å²) >= 11 is 0. The molecule has 0 bridgehead atoms. The molecule has 78 valence electrons. The van der Waals surface area contributed by atoms with Crippen LogP contribution in [0.15, 0.2) is 0 Å². The molecule has 4 atom stereocenters. The number of ether oxygens (including phenoxy) is 2. The van der Waals surface area contributed by atoms with Crippen molar-refractivity contribution in [2.45, 2.75) is 31.3 Å². The van der Waals surface area contributed by atoms with Gasteiger partial charge in [-0.25, -0.2) is 0 Å². The van der Waals surface area contributed by atoms with Crippen LogP contribution in [0.4, 0.5) is 0 Å². The van der Waals surface area contributed by atoms with Crippen LogP contribution in [0.25, 0.3) is 0 Å². The molecule has 0 aromatic rings. The fraction of sp³-hybridized carbons (Fsp3) is 0.875. The van der Waals surface area contributed by atoms with E-state index in [1.165, 1.54) is 6.92 Å². The third kappa shape index (κ3) is 3.40. The summed E-state index contributed by atoms with van der Waals surface area (Å²) in [5.41, 5.74) is 0. The van der Waals surface area contributed by atoms with Crippen LogP contribution in [0.2, 0.25) is 0 Å². The summed E-state index contributed by atoms with van der Waals surface area (Å²) in [4.78, 5) is 10.5. The van der Waals surface area contributed by atoms with Crippen molar-refractivity contribution >= 4 is 6.29 Å². The lowest BCUT2D eigenvalue weighted by atomic mass is 10.0. The van der Waals surface area contributed by atoms with Crippen LogP contribution in [0.3, 0.4) is 0 Å². The van der Waals surface area contributed by atoms with Gasteiger partial charge in [-0.1, -0.05) is 0 Å². The number of rotatable bonds is 6. The predicted molar refractivity (Wildman–Crippen MR) is 45.3 cm³/mol. The highest BCUT2D eigenvalue weighted by atomic mass is 16.5. The topological polar surface area (TPSA) is 76.0 Å². The Balaban J connectivity index is 4.43. The number of carbonyl (C=O) groups is 1. The van der Waals surface area contributed by atoms with Crippen LogP contribution in [0.5, 0.6) is 0 Å². The van der Waals surface area contributed by atoms with E-state index in [4.69, 9.17) is 7.48 Å². The highest BCUT2D eigenvalue weighted by molar-refractivity contribution is 5.57. The number of aliphatic hydroxyl groups excluding tert-OH is 2. The number of aliphatic hydroxyl groups is 2. The molecule has 0 radical (unpaired) electrons. The van der Waals surface area contributed by atoms with Crippen molar-refractivity contribution < 1.29 is 27.2 Å². The SMILES string of the molecule is [2H]CO[C@@H]([C@@H](O)[C@@H](C=O)OC[2H])[C@H](C)O. The molecule has 0 fully saturated rings. The highest BCUT2D eigenvalue weighted by Gasteiger charge is 2.30. The van der Waals surface area contributed by atoms with Gasteiger partial charge in [-0.2, -0.15) is 0 Å². The summed E-state index contributed by atoms with van der Waals surface area (Å²) in [6, 6.07) is 0. The Labute approximate surface area is 80.1 Å². The Hall–Kier alpha value is -0.490. The van der Waals surface area contributed by atoms with Crippen molar-refractivity contribution in [1.29, 1.82) is 0 Å². The van der Waals surface area contributed by atoms with E-state index >= 15 is 0 Å². The third-order valence-corrected chi connectivity index (χ3v) is 1.67. The summed E-state index contributed by atoms with van der Waals surface area (Å²) in [6.07, 6.45) is -4.40. The van der Waals surface area contributed by atoms with Gasteiger partial charge >= 0.3 is 0 Å². The van der Waals surface area contributed by atoms with Gasteiger partial charge in [-0.3, -0.25) is 0 Å². The minimum Gasteiger partial charge on any atom is -0.391 e. The molecule has 0 spiro atoms. The second kappa shape index (κ2) is 6.04. The van der Waals surface area contributed by atoms with Gasteiger partial charge in [0.1, 0.15) is 18.3 Å². The van der Waals surface area contributed by atoms with Crippen LogP contribution in [-0.4, -0.2) is 55.1 Å². The molecule has 0 rings (SSSR count). The number of methoxy groups -OCH3 is 2. The van der Waals surface area contributed by atoms with Gasteiger partial charge in [-0.05, 0) is 6.92 Å². The molecule has 0 saturated carbocycles. The number of carbonyl (C=O) groups excluding carboxylic acids is 1. The zero-order valence-corrected chi connectivity index (χ0v) is 7.42. The lowest BCUT2D eigenvalue weighted by Gasteiger charge is -2.26. The molecular weight excluding hydrogens is 176 g/mol. The maximum atomic E-state index is 10.5. The molecule has 0 amide bonds. The average Bonchev–Trinajstić information content (AvgIpc) is 2.21. The first-order valence-corrected chi connectivity index (χ1v) is 3.71. The van der Waals surface area contributed by atoms with Gasteiger partial charge < -0.3 is 24.5 Å². The van der Waals surface area contributed by atoms with Gasteiger partial charge in [0, 0.05) is 14.2 Å². The molecule has 0 unspecified atom stereocenters. The quantitative estimate of drug-likeness (QED) is 0.528. The van der Waals surface area contributed by atoms with Crippen LogP contribution in [-0.2, 0) is 14.3 Å². The Bertz CT molecular complexity index is 178. The molecular formula is C8H16O5. The summed E-state index contributed by atoms with van der Waals surface area (Å²) in [6.45, 7) is 1.37. The van der Waals surface area contributed by atoms with E-state index in [0.717, 1.165) is 0 Å². The van der Waals surface area contributed by atoms with Crippen LogP contribution in [0, 0.1) is 0 Å². The van der Waals surface area contributed by atoms with Crippen LogP contribution >= 0.6 is 0 Å². The van der Waals surface area contributed by atoms with Gasteiger partial charge in [0.2, 0.25) is 0 Å². The van der Waals surface area contributed by atoms with Gasteiger partial charge in [0.05, 0.1) is 8.85 Å². The maximum Gasteiger partial charge on any atom is 0.151 e. The molecule has 5 nitrogen and oxygen atoms in total. The first-order chi connectivity index (χ1) is 7.08. The minimum atomic E-state index is -1.39. The van der Waals surface area contributed by atoms with Crippen molar-refractivity contribution in [1.82, 2.24) is 0 Å². The molecule has 0 saturated heterocycles. The number of hydrogen-bond donors (Lipinski definition) is 2. The van der Waals surface area contributed by atoms with Crippen molar-refractivity contribution in [2.75, 3.05) is 14.2 Å². The zero-order chi connectivity index (χ0) is 11.8. The second-order valence-corrected chi connectivity index (χ2v) is 2.63. The Morgan fingerprint density at radius 1 is 1.38 bits per heavy atom. The summed E-state index contributed by atoms with van der Waals surface area (Å²) < 4.78 is 22.9. The molecule has 0 aliphatic heterocycles. The van der Waals surface area contributed by atoms with E-state index in [1.54, 1.807) is 0 Å². The second-order valence-electron chi connectivity index (χ2n) is 2.63. The van der Waals surface area contributed by atoms with Crippen molar-refractivity contribution in [2.24, 2.45) is 0 Å².